The second-order valence-electron chi connectivity index (χ2n) is 3.90. The maximum Gasteiger partial charge on any atom is 0.0875 e. The van der Waals surface area contributed by atoms with E-state index in [4.69, 9.17) is 0 Å². The van der Waals surface area contributed by atoms with Gasteiger partial charge in [0, 0.05) is 12.7 Å². The van der Waals surface area contributed by atoms with E-state index < -0.39 is 5.60 Å². The molecule has 13 heavy (non-hydrogen) atoms. The Hall–Kier alpha value is -1.02. The average Bonchev–Trinajstić information content (AvgIpc) is 2.42. The fourth-order valence-electron chi connectivity index (χ4n) is 1.96. The van der Waals surface area contributed by atoms with Crippen LogP contribution in [0.5, 0.6) is 0 Å². The number of rotatable bonds is 1. The summed E-state index contributed by atoms with van der Waals surface area (Å²) < 4.78 is 0. The van der Waals surface area contributed by atoms with E-state index in [1.165, 1.54) is 5.56 Å². The fourth-order valence-corrected chi connectivity index (χ4v) is 1.96. The first-order valence-corrected chi connectivity index (χ1v) is 4.67. The predicted octanol–water partition coefficient (Wildman–Crippen LogP) is 1.88. The topological polar surface area (TPSA) is 32.3 Å². The van der Waals surface area contributed by atoms with Crippen LogP contribution in [0.4, 0.5) is 5.69 Å². The smallest absolute Gasteiger partial charge is 0.0875 e. The molecule has 1 aromatic rings. The van der Waals surface area contributed by atoms with Crippen molar-refractivity contribution >= 4 is 5.69 Å². The third kappa shape index (κ3) is 1.31. The van der Waals surface area contributed by atoms with E-state index in [0.717, 1.165) is 24.1 Å². The molecule has 70 valence electrons. The maximum absolute atomic E-state index is 10.0. The minimum Gasteiger partial charge on any atom is -0.388 e. The van der Waals surface area contributed by atoms with Crippen molar-refractivity contribution in [2.45, 2.75) is 25.4 Å². The predicted molar refractivity (Wildman–Crippen MR) is 53.9 cm³/mol. The van der Waals surface area contributed by atoms with Gasteiger partial charge in [0.1, 0.15) is 0 Å². The molecule has 0 fully saturated rings. The van der Waals surface area contributed by atoms with E-state index in [-0.39, 0.29) is 0 Å². The van der Waals surface area contributed by atoms with Gasteiger partial charge < -0.3 is 10.4 Å². The number of aryl methyl sites for hydroxylation is 1. The summed E-state index contributed by atoms with van der Waals surface area (Å²) in [4.78, 5) is 0. The van der Waals surface area contributed by atoms with Crippen molar-refractivity contribution in [2.75, 3.05) is 12.4 Å². The molecular weight excluding hydrogens is 162 g/mol. The third-order valence-electron chi connectivity index (χ3n) is 2.86. The Balaban J connectivity index is 2.50. The SMILES string of the molecule is CNc1ccc2c(c1)C(C)(O)CC2. The molecule has 0 amide bonds. The van der Waals surface area contributed by atoms with Gasteiger partial charge in [0.15, 0.2) is 0 Å². The second-order valence-corrected chi connectivity index (χ2v) is 3.90. The number of hydrogen-bond acceptors (Lipinski definition) is 2. The monoisotopic (exact) mass is 177 g/mol. The van der Waals surface area contributed by atoms with Crippen LogP contribution >= 0.6 is 0 Å². The minimum atomic E-state index is -0.623. The Bertz CT molecular complexity index is 331. The van der Waals surface area contributed by atoms with Crippen LogP contribution in [0.3, 0.4) is 0 Å². The first-order valence-electron chi connectivity index (χ1n) is 4.67. The van der Waals surface area contributed by atoms with Gasteiger partial charge in [0.05, 0.1) is 5.60 Å². The van der Waals surface area contributed by atoms with Crippen LogP contribution in [0.2, 0.25) is 0 Å². The lowest BCUT2D eigenvalue weighted by Gasteiger charge is -2.18. The van der Waals surface area contributed by atoms with E-state index in [1.54, 1.807) is 0 Å². The lowest BCUT2D eigenvalue weighted by atomic mass is 9.98. The van der Waals surface area contributed by atoms with Crippen molar-refractivity contribution in [3.63, 3.8) is 0 Å². The number of fused-ring (bicyclic) bond motifs is 1. The molecule has 0 heterocycles. The number of benzene rings is 1. The minimum absolute atomic E-state index is 0.623. The van der Waals surface area contributed by atoms with Crippen molar-refractivity contribution in [2.24, 2.45) is 0 Å². The molecule has 0 aromatic heterocycles. The van der Waals surface area contributed by atoms with Crippen molar-refractivity contribution in [1.82, 2.24) is 0 Å². The summed E-state index contributed by atoms with van der Waals surface area (Å²) in [6, 6.07) is 6.20. The molecule has 1 unspecified atom stereocenters. The summed E-state index contributed by atoms with van der Waals surface area (Å²) in [5, 5.41) is 13.1. The van der Waals surface area contributed by atoms with Crippen molar-refractivity contribution in [3.8, 4) is 0 Å². The summed E-state index contributed by atoms with van der Waals surface area (Å²) in [5.74, 6) is 0. The van der Waals surface area contributed by atoms with Gasteiger partial charge in [-0.1, -0.05) is 6.07 Å². The Labute approximate surface area is 78.6 Å². The third-order valence-corrected chi connectivity index (χ3v) is 2.86. The molecular formula is C11H15NO. The molecule has 2 rings (SSSR count). The largest absolute Gasteiger partial charge is 0.388 e. The number of hydrogen-bond donors (Lipinski definition) is 2. The highest BCUT2D eigenvalue weighted by Crippen LogP contribution is 2.37. The maximum atomic E-state index is 10.0. The van der Waals surface area contributed by atoms with Gasteiger partial charge in [-0.2, -0.15) is 0 Å². The molecule has 0 saturated heterocycles. The van der Waals surface area contributed by atoms with Crippen molar-refractivity contribution in [3.05, 3.63) is 29.3 Å². The molecule has 0 saturated carbocycles. The van der Waals surface area contributed by atoms with E-state index in [1.807, 2.05) is 20.0 Å². The molecule has 0 radical (unpaired) electrons. The van der Waals surface area contributed by atoms with Crippen LogP contribution in [-0.2, 0) is 12.0 Å². The Morgan fingerprint density at radius 2 is 2.23 bits per heavy atom. The molecule has 2 heteroatoms. The molecule has 1 aromatic carbocycles. The quantitative estimate of drug-likeness (QED) is 0.686. The normalized spacial score (nSPS) is 25.8. The van der Waals surface area contributed by atoms with Gasteiger partial charge in [0.25, 0.3) is 0 Å². The number of anilines is 1. The zero-order valence-corrected chi connectivity index (χ0v) is 8.09. The summed E-state index contributed by atoms with van der Waals surface area (Å²) in [6.07, 6.45) is 1.84. The van der Waals surface area contributed by atoms with Gasteiger partial charge in [-0.15, -0.1) is 0 Å². The molecule has 2 nitrogen and oxygen atoms in total. The highest BCUT2D eigenvalue weighted by atomic mass is 16.3. The second kappa shape index (κ2) is 2.74. The summed E-state index contributed by atoms with van der Waals surface area (Å²) >= 11 is 0. The van der Waals surface area contributed by atoms with Gasteiger partial charge in [-0.3, -0.25) is 0 Å². The molecule has 0 bridgehead atoms. The highest BCUT2D eigenvalue weighted by Gasteiger charge is 2.31. The zero-order valence-electron chi connectivity index (χ0n) is 8.09. The number of nitrogens with one attached hydrogen (secondary N) is 1. The average molecular weight is 177 g/mol. The summed E-state index contributed by atoms with van der Waals surface area (Å²) in [5.41, 5.74) is 2.81. The van der Waals surface area contributed by atoms with Crippen LogP contribution in [0.15, 0.2) is 18.2 Å². The Kier molecular flexibility index (Phi) is 1.81. The molecule has 1 atom stereocenters. The van der Waals surface area contributed by atoms with Gasteiger partial charge in [0.2, 0.25) is 0 Å². The van der Waals surface area contributed by atoms with E-state index in [9.17, 15) is 5.11 Å². The van der Waals surface area contributed by atoms with E-state index in [0.29, 0.717) is 0 Å². The first kappa shape index (κ1) is 8.57. The van der Waals surface area contributed by atoms with Crippen LogP contribution < -0.4 is 5.32 Å². The lowest BCUT2D eigenvalue weighted by molar-refractivity contribution is 0.0595. The van der Waals surface area contributed by atoms with Crippen LogP contribution in [0.1, 0.15) is 24.5 Å². The van der Waals surface area contributed by atoms with Gasteiger partial charge >= 0.3 is 0 Å². The molecule has 1 aliphatic carbocycles. The Morgan fingerprint density at radius 1 is 1.46 bits per heavy atom. The molecule has 0 spiro atoms. The zero-order chi connectivity index (χ0) is 9.47. The van der Waals surface area contributed by atoms with E-state index in [2.05, 4.69) is 17.4 Å². The van der Waals surface area contributed by atoms with E-state index >= 15 is 0 Å². The molecule has 0 aliphatic heterocycles. The van der Waals surface area contributed by atoms with Gasteiger partial charge in [-0.05, 0) is 43.0 Å². The molecule has 1 aliphatic rings. The van der Waals surface area contributed by atoms with Crippen LogP contribution in [-0.4, -0.2) is 12.2 Å². The molecule has 2 N–H and O–H groups in total. The Morgan fingerprint density at radius 3 is 2.92 bits per heavy atom. The van der Waals surface area contributed by atoms with Gasteiger partial charge in [-0.25, -0.2) is 0 Å². The van der Waals surface area contributed by atoms with Crippen molar-refractivity contribution < 1.29 is 5.11 Å². The lowest BCUT2D eigenvalue weighted by Crippen LogP contribution is -2.16. The highest BCUT2D eigenvalue weighted by molar-refractivity contribution is 5.51. The fraction of sp³-hybridized carbons (Fsp3) is 0.455. The number of aliphatic hydroxyl groups is 1. The van der Waals surface area contributed by atoms with Crippen LogP contribution in [0.25, 0.3) is 0 Å². The summed E-state index contributed by atoms with van der Waals surface area (Å²) in [7, 11) is 1.89. The summed E-state index contributed by atoms with van der Waals surface area (Å²) in [6.45, 7) is 1.89. The first-order chi connectivity index (χ1) is 6.13. The van der Waals surface area contributed by atoms with Crippen molar-refractivity contribution in [1.29, 1.82) is 0 Å². The standard InChI is InChI=1S/C11H15NO/c1-11(13)6-5-8-3-4-9(12-2)7-10(8)11/h3-4,7,12-13H,5-6H2,1-2H3. The van der Waals surface area contributed by atoms with Crippen LogP contribution in [0, 0.1) is 0 Å².